The molecule has 1 rings (SSSR count). The van der Waals surface area contributed by atoms with Crippen molar-refractivity contribution in [3.05, 3.63) is 24.3 Å². The topological polar surface area (TPSA) is 66.6 Å². The van der Waals surface area contributed by atoms with Gasteiger partial charge >= 0.3 is 0 Å². The summed E-state index contributed by atoms with van der Waals surface area (Å²) in [5, 5.41) is 9.48. The number of amides is 1. The zero-order valence-electron chi connectivity index (χ0n) is 11.3. The molecule has 18 heavy (non-hydrogen) atoms. The lowest BCUT2D eigenvalue weighted by molar-refractivity contribution is -0.123. The van der Waals surface area contributed by atoms with Gasteiger partial charge in [0.25, 0.3) is 0 Å². The standard InChI is InChI=1S/C14H22N2O2/c1-4-16(11-6-5-7-12(17)8-11)14(18)13(9-15)10(2)3/h5-8,10,13,17H,4,9,15H2,1-3H3. The minimum atomic E-state index is -0.188. The molecule has 0 aliphatic rings. The first-order valence-electron chi connectivity index (χ1n) is 6.31. The van der Waals surface area contributed by atoms with Crippen LogP contribution in [0.1, 0.15) is 20.8 Å². The summed E-state index contributed by atoms with van der Waals surface area (Å²) in [7, 11) is 0. The average Bonchev–Trinajstić information content (AvgIpc) is 2.30. The number of carbonyl (C=O) groups excluding carboxylic acids is 1. The number of rotatable bonds is 5. The Balaban J connectivity index is 2.99. The van der Waals surface area contributed by atoms with Gasteiger partial charge in [-0.05, 0) is 25.0 Å². The first-order chi connectivity index (χ1) is 8.51. The molecule has 1 unspecified atom stereocenters. The molecule has 0 aromatic heterocycles. The maximum Gasteiger partial charge on any atom is 0.231 e. The lowest BCUT2D eigenvalue weighted by Crippen LogP contribution is -2.41. The lowest BCUT2D eigenvalue weighted by Gasteiger charge is -2.27. The van der Waals surface area contributed by atoms with Gasteiger partial charge in [-0.25, -0.2) is 0 Å². The number of phenols is 1. The lowest BCUT2D eigenvalue weighted by atomic mass is 9.94. The molecule has 1 atom stereocenters. The van der Waals surface area contributed by atoms with Crippen molar-refractivity contribution in [2.45, 2.75) is 20.8 Å². The van der Waals surface area contributed by atoms with Crippen molar-refractivity contribution in [1.82, 2.24) is 0 Å². The third-order valence-electron chi connectivity index (χ3n) is 3.10. The fourth-order valence-corrected chi connectivity index (χ4v) is 1.98. The van der Waals surface area contributed by atoms with Gasteiger partial charge in [-0.3, -0.25) is 4.79 Å². The second-order valence-corrected chi connectivity index (χ2v) is 4.69. The number of hydrogen-bond donors (Lipinski definition) is 2. The number of aromatic hydroxyl groups is 1. The van der Waals surface area contributed by atoms with Gasteiger partial charge in [-0.15, -0.1) is 0 Å². The fourth-order valence-electron chi connectivity index (χ4n) is 1.98. The zero-order valence-corrected chi connectivity index (χ0v) is 11.3. The molecule has 0 fully saturated rings. The van der Waals surface area contributed by atoms with E-state index in [1.807, 2.05) is 26.8 Å². The molecule has 1 amide bonds. The normalized spacial score (nSPS) is 12.5. The summed E-state index contributed by atoms with van der Waals surface area (Å²) < 4.78 is 0. The minimum Gasteiger partial charge on any atom is -0.508 e. The van der Waals surface area contributed by atoms with Crippen molar-refractivity contribution in [2.75, 3.05) is 18.0 Å². The summed E-state index contributed by atoms with van der Waals surface area (Å²) in [5.41, 5.74) is 6.39. The van der Waals surface area contributed by atoms with Gasteiger partial charge in [-0.1, -0.05) is 19.9 Å². The van der Waals surface area contributed by atoms with E-state index in [0.29, 0.717) is 18.8 Å². The molecule has 1 aromatic rings. The van der Waals surface area contributed by atoms with E-state index in [-0.39, 0.29) is 23.5 Å². The smallest absolute Gasteiger partial charge is 0.231 e. The van der Waals surface area contributed by atoms with Gasteiger partial charge in [0.2, 0.25) is 5.91 Å². The van der Waals surface area contributed by atoms with Gasteiger partial charge < -0.3 is 15.7 Å². The Labute approximate surface area is 108 Å². The average molecular weight is 250 g/mol. The molecule has 100 valence electrons. The number of nitrogens with two attached hydrogens (primary N) is 1. The van der Waals surface area contributed by atoms with E-state index in [2.05, 4.69) is 0 Å². The molecule has 0 aliphatic heterocycles. The summed E-state index contributed by atoms with van der Waals surface area (Å²) in [6, 6.07) is 6.72. The van der Waals surface area contributed by atoms with Gasteiger partial charge in [0.05, 0.1) is 5.92 Å². The van der Waals surface area contributed by atoms with Crippen LogP contribution in [0.2, 0.25) is 0 Å². The van der Waals surface area contributed by atoms with Crippen LogP contribution in [-0.4, -0.2) is 24.1 Å². The highest BCUT2D eigenvalue weighted by Gasteiger charge is 2.26. The number of anilines is 1. The van der Waals surface area contributed by atoms with Crippen molar-refractivity contribution < 1.29 is 9.90 Å². The van der Waals surface area contributed by atoms with Crippen molar-refractivity contribution >= 4 is 11.6 Å². The monoisotopic (exact) mass is 250 g/mol. The van der Waals surface area contributed by atoms with Crippen molar-refractivity contribution in [3.63, 3.8) is 0 Å². The van der Waals surface area contributed by atoms with E-state index < -0.39 is 0 Å². The highest BCUT2D eigenvalue weighted by atomic mass is 16.3. The third-order valence-corrected chi connectivity index (χ3v) is 3.10. The van der Waals surface area contributed by atoms with Crippen LogP contribution < -0.4 is 10.6 Å². The van der Waals surface area contributed by atoms with Crippen molar-refractivity contribution in [1.29, 1.82) is 0 Å². The van der Waals surface area contributed by atoms with Crippen LogP contribution in [0.5, 0.6) is 5.75 Å². The van der Waals surface area contributed by atoms with Gasteiger partial charge in [-0.2, -0.15) is 0 Å². The van der Waals surface area contributed by atoms with E-state index in [9.17, 15) is 9.90 Å². The molecular formula is C14H22N2O2. The first kappa shape index (κ1) is 14.5. The molecule has 0 aliphatic carbocycles. The maximum absolute atomic E-state index is 12.4. The Morgan fingerprint density at radius 3 is 2.56 bits per heavy atom. The van der Waals surface area contributed by atoms with Crippen molar-refractivity contribution in [3.8, 4) is 5.75 Å². The molecule has 3 N–H and O–H groups in total. The molecule has 0 saturated carbocycles. The molecule has 4 nitrogen and oxygen atoms in total. The number of carbonyl (C=O) groups is 1. The van der Waals surface area contributed by atoms with Gasteiger partial charge in [0, 0.05) is 24.8 Å². The van der Waals surface area contributed by atoms with Crippen LogP contribution in [0.3, 0.4) is 0 Å². The van der Waals surface area contributed by atoms with Crippen LogP contribution >= 0.6 is 0 Å². The summed E-state index contributed by atoms with van der Waals surface area (Å²) in [6.45, 7) is 6.80. The second-order valence-electron chi connectivity index (χ2n) is 4.69. The summed E-state index contributed by atoms with van der Waals surface area (Å²) in [5.74, 6) is 0.189. The Hall–Kier alpha value is -1.55. The number of hydrogen-bond acceptors (Lipinski definition) is 3. The highest BCUT2D eigenvalue weighted by molar-refractivity contribution is 5.95. The molecule has 4 heteroatoms. The van der Waals surface area contributed by atoms with E-state index in [1.54, 1.807) is 23.1 Å². The number of nitrogens with zero attached hydrogens (tertiary/aromatic N) is 1. The van der Waals surface area contributed by atoms with E-state index >= 15 is 0 Å². The first-order valence-corrected chi connectivity index (χ1v) is 6.31. The van der Waals surface area contributed by atoms with E-state index in [1.165, 1.54) is 0 Å². The van der Waals surface area contributed by atoms with Crippen LogP contribution in [0.15, 0.2) is 24.3 Å². The zero-order chi connectivity index (χ0) is 13.7. The molecular weight excluding hydrogens is 228 g/mol. The summed E-state index contributed by atoms with van der Waals surface area (Å²) >= 11 is 0. The van der Waals surface area contributed by atoms with Crippen LogP contribution in [-0.2, 0) is 4.79 Å². The largest absolute Gasteiger partial charge is 0.508 e. The Morgan fingerprint density at radius 1 is 1.44 bits per heavy atom. The Morgan fingerprint density at radius 2 is 2.11 bits per heavy atom. The molecule has 0 radical (unpaired) electrons. The van der Waals surface area contributed by atoms with Gasteiger partial charge in [0.15, 0.2) is 0 Å². The van der Waals surface area contributed by atoms with Crippen LogP contribution in [0, 0.1) is 11.8 Å². The third kappa shape index (κ3) is 3.23. The van der Waals surface area contributed by atoms with Crippen LogP contribution in [0.4, 0.5) is 5.69 Å². The molecule has 0 heterocycles. The molecule has 0 saturated heterocycles. The Bertz CT molecular complexity index is 405. The van der Waals surface area contributed by atoms with Crippen LogP contribution in [0.25, 0.3) is 0 Å². The SMILES string of the molecule is CCN(C(=O)C(CN)C(C)C)c1cccc(O)c1. The van der Waals surface area contributed by atoms with Gasteiger partial charge in [0.1, 0.15) is 5.75 Å². The molecule has 0 bridgehead atoms. The van der Waals surface area contributed by atoms with E-state index in [0.717, 1.165) is 0 Å². The van der Waals surface area contributed by atoms with E-state index in [4.69, 9.17) is 5.73 Å². The number of benzene rings is 1. The number of phenolic OH excluding ortho intramolecular Hbond substituents is 1. The summed E-state index contributed by atoms with van der Waals surface area (Å²) in [6.07, 6.45) is 0. The fraction of sp³-hybridized carbons (Fsp3) is 0.500. The minimum absolute atomic E-state index is 0.0144. The summed E-state index contributed by atoms with van der Waals surface area (Å²) in [4.78, 5) is 14.1. The Kier molecular flexibility index (Phi) is 5.16. The molecule has 0 spiro atoms. The molecule has 1 aromatic carbocycles. The quantitative estimate of drug-likeness (QED) is 0.839. The predicted molar refractivity (Wildman–Crippen MR) is 73.5 cm³/mol. The maximum atomic E-state index is 12.4. The highest BCUT2D eigenvalue weighted by Crippen LogP contribution is 2.23. The van der Waals surface area contributed by atoms with Crippen molar-refractivity contribution in [2.24, 2.45) is 17.6 Å². The predicted octanol–water partition coefficient (Wildman–Crippen LogP) is 1.98. The second kappa shape index (κ2) is 6.40.